The lowest BCUT2D eigenvalue weighted by atomic mass is 10.0. The van der Waals surface area contributed by atoms with Crippen molar-refractivity contribution in [3.05, 3.63) is 97.4 Å². The van der Waals surface area contributed by atoms with E-state index >= 15 is 0 Å². The third-order valence-electron chi connectivity index (χ3n) is 4.55. The maximum atomic E-state index is 13.1. The van der Waals surface area contributed by atoms with E-state index in [1.165, 1.54) is 11.6 Å². The lowest BCUT2D eigenvalue weighted by molar-refractivity contribution is 0.103. The zero-order valence-electron chi connectivity index (χ0n) is 15.4. The quantitative estimate of drug-likeness (QED) is 0.699. The van der Waals surface area contributed by atoms with Gasteiger partial charge in [0.1, 0.15) is 5.56 Å². The number of benzene rings is 1. The van der Waals surface area contributed by atoms with Gasteiger partial charge in [0.15, 0.2) is 5.78 Å². The molecule has 0 aliphatic heterocycles. The Kier molecular flexibility index (Phi) is 4.77. The van der Waals surface area contributed by atoms with Crippen molar-refractivity contribution in [1.29, 1.82) is 5.41 Å². The van der Waals surface area contributed by atoms with Gasteiger partial charge in [-0.15, -0.1) is 0 Å². The standard InChI is InChI=1S/C20H20N4O3/c1-13-4-6-14(7-5-13)18(25)17-16(12-24-10-8-15(21)9-11-24)22(2)20(27)23(3)19(17)26/h4-11,21H,12H2,1-3H3. The second kappa shape index (κ2) is 7.03. The van der Waals surface area contributed by atoms with Crippen molar-refractivity contribution in [1.82, 2.24) is 13.7 Å². The van der Waals surface area contributed by atoms with Crippen molar-refractivity contribution in [3.63, 3.8) is 0 Å². The first-order valence-electron chi connectivity index (χ1n) is 8.40. The SMILES string of the molecule is Cc1ccc(C(=O)c2c(Cn3ccc(=N)cc3)n(C)c(=O)n(C)c2=O)cc1. The molecule has 27 heavy (non-hydrogen) atoms. The molecule has 0 saturated carbocycles. The fraction of sp³-hybridized carbons (Fsp3) is 0.200. The summed E-state index contributed by atoms with van der Waals surface area (Å²) in [6.07, 6.45) is 3.34. The summed E-state index contributed by atoms with van der Waals surface area (Å²) in [5.41, 5.74) is 0.599. The van der Waals surface area contributed by atoms with Crippen LogP contribution in [0.2, 0.25) is 0 Å². The smallest absolute Gasteiger partial charge is 0.330 e. The zero-order valence-corrected chi connectivity index (χ0v) is 15.4. The molecule has 0 spiro atoms. The van der Waals surface area contributed by atoms with Crippen LogP contribution in [-0.2, 0) is 20.6 Å². The molecule has 2 heterocycles. The number of carbonyl (C=O) groups excluding carboxylic acids is 1. The predicted octanol–water partition coefficient (Wildman–Crippen LogP) is 0.953. The summed E-state index contributed by atoms with van der Waals surface area (Å²) in [5, 5.41) is 7.92. The topological polar surface area (TPSA) is 89.8 Å². The van der Waals surface area contributed by atoms with Crippen LogP contribution in [0.15, 0.2) is 58.4 Å². The summed E-state index contributed by atoms with van der Waals surface area (Å²) in [5.74, 6) is -0.418. The number of nitrogens with zero attached hydrogens (tertiary/aromatic N) is 3. The van der Waals surface area contributed by atoms with Crippen molar-refractivity contribution in [2.45, 2.75) is 13.5 Å². The van der Waals surface area contributed by atoms with Crippen LogP contribution in [0.3, 0.4) is 0 Å². The normalized spacial score (nSPS) is 10.8. The molecule has 7 nitrogen and oxygen atoms in total. The second-order valence-electron chi connectivity index (χ2n) is 6.48. The molecule has 1 aromatic carbocycles. The fourth-order valence-corrected chi connectivity index (χ4v) is 2.88. The van der Waals surface area contributed by atoms with E-state index in [-0.39, 0.29) is 12.1 Å². The molecular weight excluding hydrogens is 344 g/mol. The maximum absolute atomic E-state index is 13.1. The molecule has 0 radical (unpaired) electrons. The van der Waals surface area contributed by atoms with E-state index < -0.39 is 17.0 Å². The van der Waals surface area contributed by atoms with Gasteiger partial charge in [0.05, 0.1) is 17.6 Å². The Hall–Kier alpha value is -3.48. The van der Waals surface area contributed by atoms with Gasteiger partial charge in [0.2, 0.25) is 0 Å². The summed E-state index contributed by atoms with van der Waals surface area (Å²) < 4.78 is 3.99. The highest BCUT2D eigenvalue weighted by atomic mass is 16.2. The van der Waals surface area contributed by atoms with Gasteiger partial charge in [0.25, 0.3) is 5.56 Å². The van der Waals surface area contributed by atoms with Crippen LogP contribution in [0.25, 0.3) is 0 Å². The van der Waals surface area contributed by atoms with Gasteiger partial charge in [0, 0.05) is 32.1 Å². The van der Waals surface area contributed by atoms with Crippen LogP contribution < -0.4 is 16.6 Å². The molecule has 138 valence electrons. The van der Waals surface area contributed by atoms with Crippen molar-refractivity contribution in [3.8, 4) is 0 Å². The minimum atomic E-state index is -0.614. The predicted molar refractivity (Wildman–Crippen MR) is 101 cm³/mol. The summed E-state index contributed by atoms with van der Waals surface area (Å²) in [6.45, 7) is 2.08. The first-order chi connectivity index (χ1) is 12.8. The molecule has 3 aromatic rings. The number of hydrogen-bond acceptors (Lipinski definition) is 4. The van der Waals surface area contributed by atoms with Crippen LogP contribution in [-0.4, -0.2) is 19.5 Å². The van der Waals surface area contributed by atoms with Gasteiger partial charge in [-0.1, -0.05) is 29.8 Å². The van der Waals surface area contributed by atoms with Crippen molar-refractivity contribution < 1.29 is 4.79 Å². The lowest BCUT2D eigenvalue weighted by Gasteiger charge is -2.16. The van der Waals surface area contributed by atoms with Gasteiger partial charge in [-0.05, 0) is 19.1 Å². The molecule has 0 bridgehead atoms. The Morgan fingerprint density at radius 2 is 1.56 bits per heavy atom. The number of rotatable bonds is 4. The molecule has 3 rings (SSSR count). The minimum Gasteiger partial charge on any atom is -0.348 e. The number of aryl methyl sites for hydroxylation is 1. The molecular formula is C20H20N4O3. The third-order valence-corrected chi connectivity index (χ3v) is 4.55. The van der Waals surface area contributed by atoms with Gasteiger partial charge < -0.3 is 9.98 Å². The van der Waals surface area contributed by atoms with Gasteiger partial charge in [-0.25, -0.2) is 4.79 Å². The Bertz CT molecular complexity index is 1180. The molecule has 0 unspecified atom stereocenters. The molecule has 0 fully saturated rings. The molecule has 0 aliphatic carbocycles. The van der Waals surface area contributed by atoms with E-state index in [2.05, 4.69) is 0 Å². The highest BCUT2D eigenvalue weighted by Crippen LogP contribution is 2.12. The number of carbonyl (C=O) groups is 1. The largest absolute Gasteiger partial charge is 0.348 e. The third kappa shape index (κ3) is 3.44. The number of pyridine rings is 1. The summed E-state index contributed by atoms with van der Waals surface area (Å²) >= 11 is 0. The van der Waals surface area contributed by atoms with Crippen molar-refractivity contribution in [2.24, 2.45) is 14.1 Å². The average molecular weight is 364 g/mol. The van der Waals surface area contributed by atoms with E-state index in [1.54, 1.807) is 60.4 Å². The molecule has 0 amide bonds. The van der Waals surface area contributed by atoms with E-state index in [0.717, 1.165) is 10.1 Å². The van der Waals surface area contributed by atoms with Crippen molar-refractivity contribution in [2.75, 3.05) is 0 Å². The summed E-state index contributed by atoms with van der Waals surface area (Å²) in [6, 6.07) is 10.2. The lowest BCUT2D eigenvalue weighted by Crippen LogP contribution is -2.43. The van der Waals surface area contributed by atoms with Crippen LogP contribution in [0.4, 0.5) is 0 Å². The van der Waals surface area contributed by atoms with Gasteiger partial charge in [-0.3, -0.25) is 18.7 Å². The Balaban J connectivity index is 2.22. The first kappa shape index (κ1) is 18.3. The minimum absolute atomic E-state index is 0.0223. The van der Waals surface area contributed by atoms with E-state index in [9.17, 15) is 14.4 Å². The Labute approximate surface area is 155 Å². The molecule has 1 N–H and O–H groups in total. The molecule has 2 aromatic heterocycles. The Morgan fingerprint density at radius 3 is 2.15 bits per heavy atom. The Morgan fingerprint density at radius 1 is 0.963 bits per heavy atom. The van der Waals surface area contributed by atoms with E-state index in [4.69, 9.17) is 5.41 Å². The highest BCUT2D eigenvalue weighted by Gasteiger charge is 2.23. The van der Waals surface area contributed by atoms with Crippen LogP contribution in [0.5, 0.6) is 0 Å². The molecule has 0 aliphatic rings. The fourth-order valence-electron chi connectivity index (χ4n) is 2.88. The number of nitrogens with one attached hydrogen (secondary N) is 1. The summed E-state index contributed by atoms with van der Waals surface area (Å²) in [7, 11) is 2.91. The zero-order chi connectivity index (χ0) is 19.7. The van der Waals surface area contributed by atoms with Crippen LogP contribution >= 0.6 is 0 Å². The molecule has 0 saturated heterocycles. The monoisotopic (exact) mass is 364 g/mol. The number of hydrogen-bond donors (Lipinski definition) is 1. The number of ketones is 1. The van der Waals surface area contributed by atoms with Crippen molar-refractivity contribution >= 4 is 5.78 Å². The van der Waals surface area contributed by atoms with Crippen LogP contribution in [0, 0.1) is 12.3 Å². The molecule has 0 atom stereocenters. The number of aromatic nitrogens is 3. The summed E-state index contributed by atoms with van der Waals surface area (Å²) in [4.78, 5) is 38.3. The maximum Gasteiger partial charge on any atom is 0.330 e. The first-order valence-corrected chi connectivity index (χ1v) is 8.40. The van der Waals surface area contributed by atoms with Gasteiger partial charge >= 0.3 is 5.69 Å². The second-order valence-corrected chi connectivity index (χ2v) is 6.48. The highest BCUT2D eigenvalue weighted by molar-refractivity contribution is 6.09. The average Bonchev–Trinajstić information content (AvgIpc) is 2.66. The van der Waals surface area contributed by atoms with E-state index in [1.807, 2.05) is 6.92 Å². The van der Waals surface area contributed by atoms with Crippen LogP contribution in [0.1, 0.15) is 27.2 Å². The van der Waals surface area contributed by atoms with E-state index in [0.29, 0.717) is 16.6 Å². The molecule has 7 heteroatoms. The van der Waals surface area contributed by atoms with Gasteiger partial charge in [-0.2, -0.15) is 0 Å².